The van der Waals surface area contributed by atoms with E-state index < -0.39 is 12.4 Å². The van der Waals surface area contributed by atoms with Gasteiger partial charge in [-0.3, -0.25) is 4.90 Å². The SMILES string of the molecule is CN1N=C(c2ccc(CN(C(=O)N3CCOCC3)C3=CC=C(F)CC3)cc2)OC1C(F)(F)F. The van der Waals surface area contributed by atoms with Gasteiger partial charge >= 0.3 is 12.2 Å². The van der Waals surface area contributed by atoms with Gasteiger partial charge in [0.25, 0.3) is 6.23 Å². The van der Waals surface area contributed by atoms with Gasteiger partial charge in [0.1, 0.15) is 5.83 Å². The summed E-state index contributed by atoms with van der Waals surface area (Å²) in [4.78, 5) is 16.5. The Balaban J connectivity index is 1.51. The van der Waals surface area contributed by atoms with E-state index in [2.05, 4.69) is 5.10 Å². The van der Waals surface area contributed by atoms with Crippen LogP contribution in [0.15, 0.2) is 53.0 Å². The van der Waals surface area contributed by atoms with Crippen molar-refractivity contribution in [3.05, 3.63) is 59.1 Å². The highest BCUT2D eigenvalue weighted by atomic mass is 19.4. The van der Waals surface area contributed by atoms with Gasteiger partial charge < -0.3 is 14.4 Å². The van der Waals surface area contributed by atoms with Gasteiger partial charge in [-0.15, -0.1) is 5.10 Å². The number of hydrogen-bond acceptors (Lipinski definition) is 5. The molecular formula is C22H24F4N4O3. The van der Waals surface area contributed by atoms with Crippen molar-refractivity contribution in [2.75, 3.05) is 33.4 Å². The fraction of sp³-hybridized carbons (Fsp3) is 0.455. The van der Waals surface area contributed by atoms with Crippen LogP contribution in [-0.2, 0) is 16.0 Å². The number of hydrogen-bond donors (Lipinski definition) is 0. The molecule has 4 rings (SSSR count). The van der Waals surface area contributed by atoms with Crippen LogP contribution in [0.25, 0.3) is 0 Å². The van der Waals surface area contributed by atoms with E-state index in [1.807, 2.05) is 0 Å². The molecule has 0 saturated carbocycles. The number of rotatable bonds is 4. The second-order valence-electron chi connectivity index (χ2n) is 7.93. The van der Waals surface area contributed by atoms with Gasteiger partial charge in [-0.25, -0.2) is 14.2 Å². The summed E-state index contributed by atoms with van der Waals surface area (Å²) in [5, 5.41) is 4.57. The highest BCUT2D eigenvalue weighted by Gasteiger charge is 2.48. The Morgan fingerprint density at radius 1 is 1.15 bits per heavy atom. The number of urea groups is 1. The highest BCUT2D eigenvalue weighted by Crippen LogP contribution is 2.30. The number of halogens is 4. The van der Waals surface area contributed by atoms with Crippen LogP contribution in [0.3, 0.4) is 0 Å². The van der Waals surface area contributed by atoms with Crippen LogP contribution < -0.4 is 0 Å². The predicted octanol–water partition coefficient (Wildman–Crippen LogP) is 3.98. The van der Waals surface area contributed by atoms with Crippen molar-refractivity contribution < 1.29 is 31.8 Å². The minimum atomic E-state index is -4.57. The average Bonchev–Trinajstić information content (AvgIpc) is 3.21. The summed E-state index contributed by atoms with van der Waals surface area (Å²) in [6.45, 7) is 2.08. The van der Waals surface area contributed by atoms with Crippen molar-refractivity contribution >= 4 is 11.9 Å². The number of alkyl halides is 3. The van der Waals surface area contributed by atoms with E-state index in [-0.39, 0.29) is 30.7 Å². The van der Waals surface area contributed by atoms with Gasteiger partial charge in [0.15, 0.2) is 0 Å². The first-order chi connectivity index (χ1) is 15.7. The van der Waals surface area contributed by atoms with E-state index in [4.69, 9.17) is 9.47 Å². The molecule has 3 aliphatic rings. The monoisotopic (exact) mass is 468 g/mol. The number of benzene rings is 1. The topological polar surface area (TPSA) is 57.6 Å². The molecule has 2 heterocycles. The number of morpholine rings is 1. The van der Waals surface area contributed by atoms with Gasteiger partial charge in [0.05, 0.1) is 19.8 Å². The number of ether oxygens (including phenoxy) is 2. The zero-order valence-electron chi connectivity index (χ0n) is 18.0. The molecule has 0 bridgehead atoms. The van der Waals surface area contributed by atoms with E-state index in [0.29, 0.717) is 44.0 Å². The molecule has 1 aliphatic carbocycles. The van der Waals surface area contributed by atoms with Gasteiger partial charge in [-0.05, 0) is 36.3 Å². The zero-order valence-corrected chi connectivity index (χ0v) is 18.0. The number of carbonyl (C=O) groups is 1. The molecule has 11 heteroatoms. The maximum Gasteiger partial charge on any atom is 0.447 e. The number of allylic oxidation sites excluding steroid dienone is 4. The molecule has 1 atom stereocenters. The molecule has 2 aliphatic heterocycles. The predicted molar refractivity (Wildman–Crippen MR) is 112 cm³/mol. The lowest BCUT2D eigenvalue weighted by atomic mass is 10.1. The molecule has 1 unspecified atom stereocenters. The molecular weight excluding hydrogens is 444 g/mol. The first-order valence-corrected chi connectivity index (χ1v) is 10.6. The molecule has 0 N–H and O–H groups in total. The third-order valence-electron chi connectivity index (χ3n) is 5.57. The highest BCUT2D eigenvalue weighted by molar-refractivity contribution is 5.94. The van der Waals surface area contributed by atoms with Crippen molar-refractivity contribution in [1.82, 2.24) is 14.8 Å². The Hall–Kier alpha value is -3.08. The summed E-state index contributed by atoms with van der Waals surface area (Å²) in [6.07, 6.45) is -3.10. The summed E-state index contributed by atoms with van der Waals surface area (Å²) in [5.41, 5.74) is 1.86. The molecule has 0 radical (unpaired) electrons. The molecule has 1 saturated heterocycles. The van der Waals surface area contributed by atoms with Crippen LogP contribution in [0.2, 0.25) is 0 Å². The molecule has 7 nitrogen and oxygen atoms in total. The Bertz CT molecular complexity index is 969. The first-order valence-electron chi connectivity index (χ1n) is 10.6. The van der Waals surface area contributed by atoms with Crippen molar-refractivity contribution in [3.8, 4) is 0 Å². The van der Waals surface area contributed by atoms with Gasteiger partial charge in [0, 0.05) is 37.8 Å². The summed E-state index contributed by atoms with van der Waals surface area (Å²) < 4.78 is 62.9. The summed E-state index contributed by atoms with van der Waals surface area (Å²) in [6, 6.07) is 6.44. The first kappa shape index (κ1) is 23.1. The summed E-state index contributed by atoms with van der Waals surface area (Å²) >= 11 is 0. The van der Waals surface area contributed by atoms with E-state index >= 15 is 0 Å². The van der Waals surface area contributed by atoms with Crippen molar-refractivity contribution in [2.24, 2.45) is 5.10 Å². The molecule has 1 aromatic rings. The maximum atomic E-state index is 13.5. The zero-order chi connectivity index (χ0) is 23.6. The van der Waals surface area contributed by atoms with E-state index in [1.54, 1.807) is 40.1 Å². The van der Waals surface area contributed by atoms with E-state index in [9.17, 15) is 22.4 Å². The van der Waals surface area contributed by atoms with Crippen LogP contribution in [0, 0.1) is 0 Å². The molecule has 2 amide bonds. The molecule has 1 aromatic carbocycles. The largest absolute Gasteiger partial charge is 0.447 e. The Kier molecular flexibility index (Phi) is 6.59. The lowest BCUT2D eigenvalue weighted by molar-refractivity contribution is -0.230. The number of nitrogens with zero attached hydrogens (tertiary/aromatic N) is 4. The standard InChI is InChI=1S/C22H24F4N4O3/c1-28-20(22(24,25)26)33-19(27-28)16-4-2-15(3-5-16)14-30(18-8-6-17(23)7-9-18)21(31)29-10-12-32-13-11-29/h2-6,8,20H,7,9-14H2,1H3. The fourth-order valence-corrected chi connectivity index (χ4v) is 3.78. The van der Waals surface area contributed by atoms with Gasteiger partial charge in [-0.1, -0.05) is 12.1 Å². The minimum Gasteiger partial charge on any atom is -0.441 e. The molecule has 1 fully saturated rings. The third kappa shape index (κ3) is 5.29. The number of amides is 2. The van der Waals surface area contributed by atoms with Crippen molar-refractivity contribution in [1.29, 1.82) is 0 Å². The molecule has 0 spiro atoms. The van der Waals surface area contributed by atoms with Crippen molar-refractivity contribution in [3.63, 3.8) is 0 Å². The number of hydrazone groups is 1. The third-order valence-corrected chi connectivity index (χ3v) is 5.57. The Morgan fingerprint density at radius 2 is 1.85 bits per heavy atom. The Labute approximate surface area is 188 Å². The van der Waals surface area contributed by atoms with Crippen LogP contribution in [0.4, 0.5) is 22.4 Å². The van der Waals surface area contributed by atoms with Gasteiger partial charge in [-0.2, -0.15) is 13.2 Å². The quantitative estimate of drug-likeness (QED) is 0.628. The number of carbonyl (C=O) groups excluding carboxylic acids is 1. The second-order valence-corrected chi connectivity index (χ2v) is 7.93. The van der Waals surface area contributed by atoms with E-state index in [1.165, 1.54) is 13.1 Å². The van der Waals surface area contributed by atoms with Crippen molar-refractivity contribution in [2.45, 2.75) is 31.8 Å². The maximum absolute atomic E-state index is 13.5. The van der Waals surface area contributed by atoms with E-state index in [0.717, 1.165) is 10.6 Å². The summed E-state index contributed by atoms with van der Waals surface area (Å²) in [5.74, 6) is -0.357. The molecule has 178 valence electrons. The van der Waals surface area contributed by atoms with Crippen LogP contribution in [0.5, 0.6) is 0 Å². The van der Waals surface area contributed by atoms with Crippen LogP contribution in [-0.4, -0.2) is 72.5 Å². The fourth-order valence-electron chi connectivity index (χ4n) is 3.78. The lowest BCUT2D eigenvalue weighted by Gasteiger charge is -2.34. The molecule has 0 aromatic heterocycles. The smallest absolute Gasteiger partial charge is 0.441 e. The summed E-state index contributed by atoms with van der Waals surface area (Å²) in [7, 11) is 1.20. The molecule has 33 heavy (non-hydrogen) atoms. The lowest BCUT2D eigenvalue weighted by Crippen LogP contribution is -2.47. The second kappa shape index (κ2) is 9.42. The average molecular weight is 468 g/mol. The van der Waals surface area contributed by atoms with Crippen LogP contribution >= 0.6 is 0 Å². The van der Waals surface area contributed by atoms with Crippen LogP contribution in [0.1, 0.15) is 24.0 Å². The normalized spacial score (nSPS) is 21.2. The van der Waals surface area contributed by atoms with Gasteiger partial charge in [0.2, 0.25) is 5.90 Å². The Morgan fingerprint density at radius 3 is 2.42 bits per heavy atom. The minimum absolute atomic E-state index is 0.122.